The monoisotopic (exact) mass is 193 g/mol. The zero-order valence-electron chi connectivity index (χ0n) is 9.20. The van der Waals surface area contributed by atoms with Crippen molar-refractivity contribution in [3.05, 3.63) is 23.9 Å². The minimum Gasteiger partial charge on any atom is -0.360 e. The zero-order valence-corrected chi connectivity index (χ0v) is 9.20. The van der Waals surface area contributed by atoms with Crippen LogP contribution in [0.2, 0.25) is 0 Å². The molecule has 1 heterocycles. The van der Waals surface area contributed by atoms with Crippen molar-refractivity contribution in [3.63, 3.8) is 0 Å². The van der Waals surface area contributed by atoms with Crippen LogP contribution in [0.1, 0.15) is 31.9 Å². The van der Waals surface area contributed by atoms with Gasteiger partial charge in [0, 0.05) is 25.8 Å². The van der Waals surface area contributed by atoms with Gasteiger partial charge in [-0.05, 0) is 25.0 Å². The van der Waals surface area contributed by atoms with Crippen LogP contribution in [-0.4, -0.2) is 18.6 Å². The Morgan fingerprint density at radius 1 is 1.43 bits per heavy atom. The van der Waals surface area contributed by atoms with E-state index in [0.717, 1.165) is 24.3 Å². The summed E-state index contributed by atoms with van der Waals surface area (Å²) in [7, 11) is 2.03. The van der Waals surface area contributed by atoms with E-state index in [1.54, 1.807) is 0 Å². The summed E-state index contributed by atoms with van der Waals surface area (Å²) in [6, 6.07) is 4.19. The quantitative estimate of drug-likeness (QED) is 0.794. The highest BCUT2D eigenvalue weighted by Crippen LogP contribution is 2.15. The van der Waals surface area contributed by atoms with Crippen LogP contribution >= 0.6 is 0 Å². The number of anilines is 1. The molecule has 0 amide bonds. The number of pyridine rings is 1. The first-order valence-corrected chi connectivity index (χ1v) is 5.11. The molecule has 0 radical (unpaired) electrons. The van der Waals surface area contributed by atoms with Crippen molar-refractivity contribution in [3.8, 4) is 0 Å². The standard InChI is InChI=1S/C11H19N3/c1-4-10(12)9-6-7-11(13-8-9)14(3)5-2/h6-8,10H,4-5,12H2,1-3H3/t10-/m1/s1. The average molecular weight is 193 g/mol. The lowest BCUT2D eigenvalue weighted by molar-refractivity contribution is 0.695. The highest BCUT2D eigenvalue weighted by atomic mass is 15.1. The number of hydrogen-bond donors (Lipinski definition) is 1. The molecule has 0 bridgehead atoms. The van der Waals surface area contributed by atoms with Gasteiger partial charge in [-0.1, -0.05) is 13.0 Å². The lowest BCUT2D eigenvalue weighted by Gasteiger charge is -2.16. The van der Waals surface area contributed by atoms with Gasteiger partial charge in [0.1, 0.15) is 5.82 Å². The fourth-order valence-electron chi connectivity index (χ4n) is 1.24. The first-order chi connectivity index (χ1) is 6.69. The summed E-state index contributed by atoms with van der Waals surface area (Å²) in [4.78, 5) is 6.46. The van der Waals surface area contributed by atoms with Crippen molar-refractivity contribution in [2.45, 2.75) is 26.3 Å². The Kier molecular flexibility index (Phi) is 3.89. The van der Waals surface area contributed by atoms with Crippen molar-refractivity contribution >= 4 is 5.82 Å². The highest BCUT2D eigenvalue weighted by Gasteiger charge is 2.04. The number of nitrogens with zero attached hydrogens (tertiary/aromatic N) is 2. The fourth-order valence-corrected chi connectivity index (χ4v) is 1.24. The molecule has 1 atom stereocenters. The summed E-state index contributed by atoms with van der Waals surface area (Å²) >= 11 is 0. The molecule has 1 aromatic heterocycles. The zero-order chi connectivity index (χ0) is 10.6. The Bertz CT molecular complexity index is 239. The van der Waals surface area contributed by atoms with E-state index in [0.29, 0.717) is 0 Å². The first-order valence-electron chi connectivity index (χ1n) is 5.11. The Labute approximate surface area is 85.9 Å². The number of rotatable bonds is 4. The molecule has 0 aliphatic rings. The summed E-state index contributed by atoms with van der Waals surface area (Å²) in [6.45, 7) is 5.15. The van der Waals surface area contributed by atoms with Crippen molar-refractivity contribution in [1.29, 1.82) is 0 Å². The first kappa shape index (κ1) is 11.0. The normalized spacial score (nSPS) is 12.6. The molecule has 0 fully saturated rings. The summed E-state index contributed by atoms with van der Waals surface area (Å²) < 4.78 is 0. The molecule has 0 aliphatic heterocycles. The maximum Gasteiger partial charge on any atom is 0.128 e. The summed E-state index contributed by atoms with van der Waals surface area (Å²) in [5.41, 5.74) is 7.01. The Hall–Kier alpha value is -1.09. The van der Waals surface area contributed by atoms with Gasteiger partial charge in [0.05, 0.1) is 0 Å². The van der Waals surface area contributed by atoms with E-state index in [1.165, 1.54) is 0 Å². The molecule has 0 saturated carbocycles. The lowest BCUT2D eigenvalue weighted by atomic mass is 10.1. The van der Waals surface area contributed by atoms with Crippen molar-refractivity contribution in [2.24, 2.45) is 5.73 Å². The van der Waals surface area contributed by atoms with Crippen LogP contribution in [0.25, 0.3) is 0 Å². The molecule has 78 valence electrons. The molecule has 0 aliphatic carbocycles. The largest absolute Gasteiger partial charge is 0.360 e. The van der Waals surface area contributed by atoms with Crippen molar-refractivity contribution < 1.29 is 0 Å². The molecule has 3 heteroatoms. The Morgan fingerprint density at radius 3 is 2.57 bits per heavy atom. The number of aromatic nitrogens is 1. The molecule has 2 N–H and O–H groups in total. The average Bonchev–Trinajstić information content (AvgIpc) is 2.27. The van der Waals surface area contributed by atoms with Crippen LogP contribution < -0.4 is 10.6 Å². The molecule has 0 unspecified atom stereocenters. The van der Waals surface area contributed by atoms with Gasteiger partial charge in [-0.3, -0.25) is 0 Å². The van der Waals surface area contributed by atoms with E-state index in [4.69, 9.17) is 5.73 Å². The minimum atomic E-state index is 0.114. The maximum absolute atomic E-state index is 5.90. The van der Waals surface area contributed by atoms with E-state index in [-0.39, 0.29) is 6.04 Å². The lowest BCUT2D eigenvalue weighted by Crippen LogP contribution is -2.17. The second kappa shape index (κ2) is 4.96. The molecule has 0 spiro atoms. The van der Waals surface area contributed by atoms with Gasteiger partial charge >= 0.3 is 0 Å². The topological polar surface area (TPSA) is 42.1 Å². The molecule has 14 heavy (non-hydrogen) atoms. The van der Waals surface area contributed by atoms with E-state index < -0.39 is 0 Å². The Morgan fingerprint density at radius 2 is 2.14 bits per heavy atom. The third kappa shape index (κ3) is 2.45. The van der Waals surface area contributed by atoms with Crippen molar-refractivity contribution in [1.82, 2.24) is 4.98 Å². The molecule has 3 nitrogen and oxygen atoms in total. The van der Waals surface area contributed by atoms with E-state index in [9.17, 15) is 0 Å². The Balaban J connectivity index is 2.78. The van der Waals surface area contributed by atoms with Crippen LogP contribution in [-0.2, 0) is 0 Å². The molecular weight excluding hydrogens is 174 g/mol. The van der Waals surface area contributed by atoms with Crippen LogP contribution in [0, 0.1) is 0 Å². The third-order valence-corrected chi connectivity index (χ3v) is 2.50. The van der Waals surface area contributed by atoms with Gasteiger partial charge in [0.15, 0.2) is 0 Å². The van der Waals surface area contributed by atoms with Crippen LogP contribution in [0.5, 0.6) is 0 Å². The smallest absolute Gasteiger partial charge is 0.128 e. The SMILES string of the molecule is CC[C@@H](N)c1ccc(N(C)CC)nc1. The fraction of sp³-hybridized carbons (Fsp3) is 0.545. The van der Waals surface area contributed by atoms with Crippen LogP contribution in [0.3, 0.4) is 0 Å². The van der Waals surface area contributed by atoms with Gasteiger partial charge in [0.25, 0.3) is 0 Å². The van der Waals surface area contributed by atoms with Gasteiger partial charge in [-0.15, -0.1) is 0 Å². The van der Waals surface area contributed by atoms with Gasteiger partial charge < -0.3 is 10.6 Å². The van der Waals surface area contributed by atoms with Gasteiger partial charge in [-0.25, -0.2) is 4.98 Å². The molecule has 1 rings (SSSR count). The second-order valence-electron chi connectivity index (χ2n) is 3.48. The molecule has 0 saturated heterocycles. The van der Waals surface area contributed by atoms with Crippen LogP contribution in [0.4, 0.5) is 5.82 Å². The van der Waals surface area contributed by atoms with E-state index in [2.05, 4.69) is 29.8 Å². The third-order valence-electron chi connectivity index (χ3n) is 2.50. The second-order valence-corrected chi connectivity index (χ2v) is 3.48. The van der Waals surface area contributed by atoms with Crippen molar-refractivity contribution in [2.75, 3.05) is 18.5 Å². The highest BCUT2D eigenvalue weighted by molar-refractivity contribution is 5.38. The predicted molar refractivity (Wildman–Crippen MR) is 60.4 cm³/mol. The summed E-state index contributed by atoms with van der Waals surface area (Å²) in [5.74, 6) is 1.000. The molecule has 1 aromatic rings. The number of hydrogen-bond acceptors (Lipinski definition) is 3. The minimum absolute atomic E-state index is 0.114. The summed E-state index contributed by atoms with van der Waals surface area (Å²) in [5, 5.41) is 0. The van der Waals surface area contributed by atoms with E-state index in [1.807, 2.05) is 19.3 Å². The maximum atomic E-state index is 5.90. The summed E-state index contributed by atoms with van der Waals surface area (Å²) in [6.07, 6.45) is 2.82. The van der Waals surface area contributed by atoms with E-state index >= 15 is 0 Å². The molecule has 0 aromatic carbocycles. The number of nitrogens with two attached hydrogens (primary N) is 1. The van der Waals surface area contributed by atoms with Gasteiger partial charge in [-0.2, -0.15) is 0 Å². The van der Waals surface area contributed by atoms with Gasteiger partial charge in [0.2, 0.25) is 0 Å². The predicted octanol–water partition coefficient (Wildman–Crippen LogP) is 1.95. The van der Waals surface area contributed by atoms with Crippen LogP contribution in [0.15, 0.2) is 18.3 Å². The molecular formula is C11H19N3.